The Hall–Kier alpha value is -2.62. The van der Waals surface area contributed by atoms with Gasteiger partial charge in [-0.1, -0.05) is 12.1 Å². The van der Waals surface area contributed by atoms with Crippen molar-refractivity contribution in [3.05, 3.63) is 36.0 Å². The summed E-state index contributed by atoms with van der Waals surface area (Å²) in [5, 5.41) is 3.74. The maximum absolute atomic E-state index is 12.2. The van der Waals surface area contributed by atoms with Crippen molar-refractivity contribution in [3.63, 3.8) is 0 Å². The Kier molecular flexibility index (Phi) is 6.78. The summed E-state index contributed by atoms with van der Waals surface area (Å²) in [6.45, 7) is 5.72. The monoisotopic (exact) mass is 396 g/mol. The van der Waals surface area contributed by atoms with E-state index in [4.69, 9.17) is 9.26 Å². The fourth-order valence-corrected chi connectivity index (χ4v) is 3.26. The molecule has 1 aromatic carbocycles. The molecular weight excluding hydrogens is 372 g/mol. The molecule has 0 atom stereocenters. The van der Waals surface area contributed by atoms with Crippen molar-refractivity contribution in [3.8, 4) is 5.75 Å². The lowest BCUT2D eigenvalue weighted by atomic mass is 10.3. The zero-order chi connectivity index (χ0) is 20.0. The predicted molar refractivity (Wildman–Crippen MR) is 99.8 cm³/mol. The highest BCUT2D eigenvalue weighted by Gasteiger charge is 2.21. The number of nitrogens with one attached hydrogen (secondary N) is 1. The van der Waals surface area contributed by atoms with Crippen molar-refractivity contribution in [1.29, 1.82) is 0 Å². The van der Waals surface area contributed by atoms with Crippen LogP contribution in [0.15, 0.2) is 28.8 Å². The minimum atomic E-state index is -3.86. The summed E-state index contributed by atoms with van der Waals surface area (Å²) in [5.41, 5.74) is 0.353. The largest absolute Gasteiger partial charge is 0.491 e. The lowest BCUT2D eigenvalue weighted by molar-refractivity contribution is -0.128. The quantitative estimate of drug-likeness (QED) is 0.687. The number of aryl methyl sites for hydroxylation is 1. The Morgan fingerprint density at radius 1 is 1.30 bits per heavy atom. The van der Waals surface area contributed by atoms with Gasteiger partial charge in [0.1, 0.15) is 11.5 Å². The molecule has 2 aromatic rings. The van der Waals surface area contributed by atoms with Gasteiger partial charge in [-0.25, -0.2) is 8.42 Å². The molecule has 9 nitrogen and oxygen atoms in total. The highest BCUT2D eigenvalue weighted by atomic mass is 32.2. The second-order valence-electron chi connectivity index (χ2n) is 6.26. The van der Waals surface area contributed by atoms with Gasteiger partial charge in [-0.05, 0) is 38.1 Å². The van der Waals surface area contributed by atoms with Crippen LogP contribution in [0, 0.1) is 0 Å². The van der Waals surface area contributed by atoms with Gasteiger partial charge in [-0.3, -0.25) is 9.52 Å². The van der Waals surface area contributed by atoms with Crippen LogP contribution in [0.4, 0.5) is 5.69 Å². The molecule has 0 unspecified atom stereocenters. The number of hydrogen-bond acceptors (Lipinski definition) is 7. The molecule has 0 saturated heterocycles. The highest BCUT2D eigenvalue weighted by molar-refractivity contribution is 7.93. The summed E-state index contributed by atoms with van der Waals surface area (Å²) in [6, 6.07) is 6.47. The predicted octanol–water partition coefficient (Wildman–Crippen LogP) is 1.82. The number of carbonyl (C=O) groups is 1. The van der Waals surface area contributed by atoms with Gasteiger partial charge in [0.15, 0.2) is 5.82 Å². The number of aromatic nitrogens is 2. The molecule has 0 saturated carbocycles. The normalized spacial score (nSPS) is 11.4. The van der Waals surface area contributed by atoms with Crippen molar-refractivity contribution in [1.82, 2.24) is 15.0 Å². The summed E-state index contributed by atoms with van der Waals surface area (Å²) < 4.78 is 37.4. The van der Waals surface area contributed by atoms with E-state index >= 15 is 0 Å². The second-order valence-corrected chi connectivity index (χ2v) is 7.98. The van der Waals surface area contributed by atoms with Crippen LogP contribution in [-0.2, 0) is 27.8 Å². The van der Waals surface area contributed by atoms with Gasteiger partial charge >= 0.3 is 0 Å². The lowest BCUT2D eigenvalue weighted by Crippen LogP contribution is -2.34. The number of carbonyl (C=O) groups excluding carboxylic acids is 1. The van der Waals surface area contributed by atoms with E-state index in [0.717, 1.165) is 0 Å². The molecule has 27 heavy (non-hydrogen) atoms. The molecule has 1 N–H and O–H groups in total. The maximum Gasteiger partial charge on any atom is 0.246 e. The van der Waals surface area contributed by atoms with Crippen LogP contribution >= 0.6 is 0 Å². The van der Waals surface area contributed by atoms with Crippen molar-refractivity contribution in [2.75, 3.05) is 17.5 Å². The first-order valence-corrected chi connectivity index (χ1v) is 10.2. The number of anilines is 1. The highest BCUT2D eigenvalue weighted by Crippen LogP contribution is 2.18. The third-order valence-corrected chi connectivity index (χ3v) is 4.61. The molecule has 0 aliphatic heterocycles. The second kappa shape index (κ2) is 8.85. The number of rotatable bonds is 9. The molecule has 0 fully saturated rings. The van der Waals surface area contributed by atoms with Crippen molar-refractivity contribution in [2.45, 2.75) is 39.8 Å². The Bertz CT molecular complexity index is 862. The van der Waals surface area contributed by atoms with Crippen LogP contribution in [-0.4, -0.2) is 48.3 Å². The van der Waals surface area contributed by atoms with E-state index in [1.807, 2.05) is 20.8 Å². The summed E-state index contributed by atoms with van der Waals surface area (Å²) >= 11 is 0. The number of benzene rings is 1. The summed E-state index contributed by atoms with van der Waals surface area (Å²) in [5.74, 6) is 0.148. The van der Waals surface area contributed by atoms with E-state index in [9.17, 15) is 13.2 Å². The van der Waals surface area contributed by atoms with Gasteiger partial charge in [-0.2, -0.15) is 4.98 Å². The molecule has 0 aliphatic rings. The Labute approximate surface area is 158 Å². The molecule has 0 spiro atoms. The lowest BCUT2D eigenvalue weighted by Gasteiger charge is -2.15. The van der Waals surface area contributed by atoms with Gasteiger partial charge in [0.05, 0.1) is 12.6 Å². The SMILES string of the molecule is CCc1noc(CN(C)C(=O)CS(=O)(=O)Nc2ccc(OC(C)C)cc2)n1. The van der Waals surface area contributed by atoms with E-state index in [2.05, 4.69) is 14.9 Å². The molecule has 148 valence electrons. The molecule has 1 heterocycles. The van der Waals surface area contributed by atoms with Crippen LogP contribution in [0.1, 0.15) is 32.5 Å². The first-order valence-electron chi connectivity index (χ1n) is 8.51. The van der Waals surface area contributed by atoms with E-state index in [1.165, 1.54) is 11.9 Å². The molecule has 0 aliphatic carbocycles. The zero-order valence-corrected chi connectivity index (χ0v) is 16.6. The number of hydrogen-bond donors (Lipinski definition) is 1. The summed E-state index contributed by atoms with van der Waals surface area (Å²) in [4.78, 5) is 17.5. The van der Waals surface area contributed by atoms with Crippen LogP contribution in [0.25, 0.3) is 0 Å². The smallest absolute Gasteiger partial charge is 0.246 e. The first-order chi connectivity index (χ1) is 12.7. The van der Waals surface area contributed by atoms with Gasteiger partial charge in [-0.15, -0.1) is 0 Å². The Morgan fingerprint density at radius 3 is 2.52 bits per heavy atom. The van der Waals surface area contributed by atoms with E-state index < -0.39 is 21.7 Å². The molecular formula is C17H24N4O5S. The van der Waals surface area contributed by atoms with Gasteiger partial charge in [0, 0.05) is 19.2 Å². The number of nitrogens with zero attached hydrogens (tertiary/aromatic N) is 3. The minimum Gasteiger partial charge on any atom is -0.491 e. The third-order valence-electron chi connectivity index (χ3n) is 3.44. The maximum atomic E-state index is 12.2. The van der Waals surface area contributed by atoms with E-state index in [1.54, 1.807) is 24.3 Å². The van der Waals surface area contributed by atoms with Gasteiger partial charge in [0.25, 0.3) is 0 Å². The Balaban J connectivity index is 1.92. The number of amides is 1. The molecule has 0 bridgehead atoms. The van der Waals surface area contributed by atoms with Gasteiger partial charge < -0.3 is 14.2 Å². The van der Waals surface area contributed by atoms with Crippen molar-refractivity contribution in [2.24, 2.45) is 0 Å². The molecule has 10 heteroatoms. The van der Waals surface area contributed by atoms with Crippen LogP contribution < -0.4 is 9.46 Å². The fourth-order valence-electron chi connectivity index (χ4n) is 2.15. The summed E-state index contributed by atoms with van der Waals surface area (Å²) in [7, 11) is -2.38. The van der Waals surface area contributed by atoms with E-state index in [0.29, 0.717) is 23.7 Å². The zero-order valence-electron chi connectivity index (χ0n) is 15.8. The summed E-state index contributed by atoms with van der Waals surface area (Å²) in [6.07, 6.45) is 0.633. The molecule has 1 aromatic heterocycles. The van der Waals surface area contributed by atoms with Gasteiger partial charge in [0.2, 0.25) is 21.8 Å². The number of ether oxygens (including phenoxy) is 1. The first kappa shape index (κ1) is 20.7. The molecule has 1 amide bonds. The van der Waals surface area contributed by atoms with Crippen molar-refractivity contribution < 1.29 is 22.5 Å². The average Bonchev–Trinajstić information content (AvgIpc) is 3.03. The number of sulfonamides is 1. The van der Waals surface area contributed by atoms with E-state index in [-0.39, 0.29) is 18.5 Å². The van der Waals surface area contributed by atoms with Crippen molar-refractivity contribution >= 4 is 21.6 Å². The molecule has 2 rings (SSSR count). The average molecular weight is 396 g/mol. The fraction of sp³-hybridized carbons (Fsp3) is 0.471. The molecule has 0 radical (unpaired) electrons. The van der Waals surface area contributed by atoms with Crippen LogP contribution in [0.3, 0.4) is 0 Å². The topological polar surface area (TPSA) is 115 Å². The Morgan fingerprint density at radius 2 is 1.96 bits per heavy atom. The van der Waals surface area contributed by atoms with Crippen LogP contribution in [0.5, 0.6) is 5.75 Å². The standard InChI is InChI=1S/C17H24N4O5S/c1-5-15-18-16(26-19-15)10-21(4)17(22)11-27(23,24)20-13-6-8-14(9-7-13)25-12(2)3/h6-9,12,20H,5,10-11H2,1-4H3. The minimum absolute atomic E-state index is 0.0213. The van der Waals surface area contributed by atoms with Crippen LogP contribution in [0.2, 0.25) is 0 Å². The third kappa shape index (κ3) is 6.55.